The van der Waals surface area contributed by atoms with Crippen LogP contribution in [0, 0.1) is 5.92 Å². The van der Waals surface area contributed by atoms with Crippen LogP contribution in [0.1, 0.15) is 27.2 Å². The first-order valence-corrected chi connectivity index (χ1v) is 6.38. The number of hydrogen-bond donors (Lipinski definition) is 2. The minimum absolute atomic E-state index is 0.157. The second kappa shape index (κ2) is 7.01. The van der Waals surface area contributed by atoms with Gasteiger partial charge in [-0.1, -0.05) is 32.4 Å². The molecule has 0 aliphatic rings. The van der Waals surface area contributed by atoms with Gasteiger partial charge in [0.15, 0.2) is 0 Å². The summed E-state index contributed by atoms with van der Waals surface area (Å²) in [7, 11) is 0. The van der Waals surface area contributed by atoms with Crippen molar-refractivity contribution in [2.24, 2.45) is 11.7 Å². The molecule has 1 aromatic carbocycles. The van der Waals surface area contributed by atoms with E-state index >= 15 is 0 Å². The van der Waals surface area contributed by atoms with E-state index < -0.39 is 6.04 Å². The van der Waals surface area contributed by atoms with E-state index in [9.17, 15) is 4.79 Å². The molecular formula is C14H22N2O2. The van der Waals surface area contributed by atoms with Gasteiger partial charge in [0.25, 0.3) is 0 Å². The van der Waals surface area contributed by atoms with E-state index in [0.717, 1.165) is 6.42 Å². The fourth-order valence-electron chi connectivity index (χ4n) is 1.58. The zero-order valence-electron chi connectivity index (χ0n) is 11.3. The highest BCUT2D eigenvalue weighted by Crippen LogP contribution is 2.24. The van der Waals surface area contributed by atoms with Gasteiger partial charge in [0.2, 0.25) is 5.91 Å². The molecular weight excluding hydrogens is 228 g/mol. The molecule has 100 valence electrons. The molecule has 0 aliphatic heterocycles. The first-order valence-electron chi connectivity index (χ1n) is 6.38. The molecule has 1 amide bonds. The van der Waals surface area contributed by atoms with Crippen LogP contribution in [-0.2, 0) is 4.79 Å². The Bertz CT molecular complexity index is 393. The first-order chi connectivity index (χ1) is 8.60. The third kappa shape index (κ3) is 3.74. The number of para-hydroxylation sites is 2. The Morgan fingerprint density at radius 3 is 2.67 bits per heavy atom. The summed E-state index contributed by atoms with van der Waals surface area (Å²) < 4.78 is 5.45. The van der Waals surface area contributed by atoms with E-state index in [1.807, 2.05) is 45.0 Å². The van der Waals surface area contributed by atoms with Gasteiger partial charge in [-0.2, -0.15) is 0 Å². The Kier molecular flexibility index (Phi) is 5.65. The second-order valence-electron chi connectivity index (χ2n) is 4.33. The lowest BCUT2D eigenvalue weighted by Gasteiger charge is -2.18. The van der Waals surface area contributed by atoms with Gasteiger partial charge in [0, 0.05) is 0 Å². The normalized spacial score (nSPS) is 13.8. The number of amides is 1. The average Bonchev–Trinajstić information content (AvgIpc) is 2.39. The van der Waals surface area contributed by atoms with E-state index in [1.165, 1.54) is 0 Å². The highest BCUT2D eigenvalue weighted by molar-refractivity contribution is 5.96. The molecule has 0 radical (unpaired) electrons. The van der Waals surface area contributed by atoms with Crippen molar-refractivity contribution in [3.05, 3.63) is 24.3 Å². The average molecular weight is 250 g/mol. The van der Waals surface area contributed by atoms with Crippen LogP contribution in [0.15, 0.2) is 24.3 Å². The van der Waals surface area contributed by atoms with Crippen molar-refractivity contribution in [1.82, 2.24) is 0 Å². The maximum atomic E-state index is 12.0. The fourth-order valence-corrected chi connectivity index (χ4v) is 1.58. The summed E-state index contributed by atoms with van der Waals surface area (Å²) in [6.45, 7) is 6.46. The molecule has 1 rings (SSSR count). The number of nitrogens with one attached hydrogen (secondary N) is 1. The standard InChI is InChI=1S/C14H22N2O2/c1-4-10(3)13(15)14(17)16-11-8-6-7-9-12(11)18-5-2/h6-10,13H,4-5,15H2,1-3H3,(H,16,17). The Balaban J connectivity index is 2.75. The molecule has 4 nitrogen and oxygen atoms in total. The Hall–Kier alpha value is -1.55. The molecule has 2 atom stereocenters. The van der Waals surface area contributed by atoms with Crippen molar-refractivity contribution in [1.29, 1.82) is 0 Å². The summed E-state index contributed by atoms with van der Waals surface area (Å²) in [6, 6.07) is 6.87. The molecule has 0 fully saturated rings. The van der Waals surface area contributed by atoms with Crippen LogP contribution in [0.3, 0.4) is 0 Å². The Labute approximate surface area is 109 Å². The van der Waals surface area contributed by atoms with Gasteiger partial charge in [-0.3, -0.25) is 4.79 Å². The summed E-state index contributed by atoms with van der Waals surface area (Å²) in [4.78, 5) is 12.0. The number of rotatable bonds is 6. The lowest BCUT2D eigenvalue weighted by Crippen LogP contribution is -2.40. The number of ether oxygens (including phenoxy) is 1. The van der Waals surface area contributed by atoms with Crippen molar-refractivity contribution in [2.75, 3.05) is 11.9 Å². The minimum Gasteiger partial charge on any atom is -0.492 e. The van der Waals surface area contributed by atoms with Crippen molar-refractivity contribution >= 4 is 11.6 Å². The summed E-state index contributed by atoms with van der Waals surface area (Å²) in [6.07, 6.45) is 0.877. The van der Waals surface area contributed by atoms with Crippen molar-refractivity contribution in [3.63, 3.8) is 0 Å². The molecule has 18 heavy (non-hydrogen) atoms. The van der Waals surface area contributed by atoms with Crippen LogP contribution in [0.5, 0.6) is 5.75 Å². The Morgan fingerprint density at radius 2 is 2.06 bits per heavy atom. The van der Waals surface area contributed by atoms with Crippen molar-refractivity contribution in [2.45, 2.75) is 33.2 Å². The highest BCUT2D eigenvalue weighted by Gasteiger charge is 2.20. The summed E-state index contributed by atoms with van der Waals surface area (Å²) >= 11 is 0. The lowest BCUT2D eigenvalue weighted by atomic mass is 9.99. The predicted molar refractivity (Wildman–Crippen MR) is 73.7 cm³/mol. The van der Waals surface area contributed by atoms with E-state index in [2.05, 4.69) is 5.32 Å². The smallest absolute Gasteiger partial charge is 0.241 e. The van der Waals surface area contributed by atoms with Crippen LogP contribution >= 0.6 is 0 Å². The van der Waals surface area contributed by atoms with Gasteiger partial charge >= 0.3 is 0 Å². The van der Waals surface area contributed by atoms with E-state index in [-0.39, 0.29) is 11.8 Å². The number of hydrogen-bond acceptors (Lipinski definition) is 3. The molecule has 2 unspecified atom stereocenters. The van der Waals surface area contributed by atoms with Crippen LogP contribution in [0.2, 0.25) is 0 Å². The zero-order valence-corrected chi connectivity index (χ0v) is 11.3. The maximum absolute atomic E-state index is 12.0. The van der Waals surface area contributed by atoms with Crippen LogP contribution < -0.4 is 15.8 Å². The molecule has 0 spiro atoms. The molecule has 0 heterocycles. The van der Waals surface area contributed by atoms with Gasteiger partial charge in [0.1, 0.15) is 5.75 Å². The summed E-state index contributed by atoms with van der Waals surface area (Å²) in [5.74, 6) is 0.658. The van der Waals surface area contributed by atoms with Gasteiger partial charge in [-0.25, -0.2) is 0 Å². The first kappa shape index (κ1) is 14.5. The molecule has 0 aliphatic carbocycles. The Morgan fingerprint density at radius 1 is 1.39 bits per heavy atom. The zero-order chi connectivity index (χ0) is 13.5. The van der Waals surface area contributed by atoms with Gasteiger partial charge in [-0.05, 0) is 25.0 Å². The van der Waals surface area contributed by atoms with Crippen LogP contribution in [-0.4, -0.2) is 18.6 Å². The third-order valence-corrected chi connectivity index (χ3v) is 3.00. The van der Waals surface area contributed by atoms with Gasteiger partial charge in [-0.15, -0.1) is 0 Å². The molecule has 1 aromatic rings. The largest absolute Gasteiger partial charge is 0.492 e. The molecule has 0 aromatic heterocycles. The molecule has 0 saturated carbocycles. The van der Waals surface area contributed by atoms with Crippen LogP contribution in [0.4, 0.5) is 5.69 Å². The van der Waals surface area contributed by atoms with Crippen molar-refractivity contribution in [3.8, 4) is 5.75 Å². The molecule has 0 bridgehead atoms. The number of nitrogens with two attached hydrogens (primary N) is 1. The van der Waals surface area contributed by atoms with Gasteiger partial charge < -0.3 is 15.8 Å². The number of carbonyl (C=O) groups is 1. The number of carbonyl (C=O) groups excluding carboxylic acids is 1. The lowest BCUT2D eigenvalue weighted by molar-refractivity contribution is -0.118. The quantitative estimate of drug-likeness (QED) is 0.814. The number of anilines is 1. The fraction of sp³-hybridized carbons (Fsp3) is 0.500. The molecule has 0 saturated heterocycles. The molecule has 3 N–H and O–H groups in total. The van der Waals surface area contributed by atoms with Crippen LogP contribution in [0.25, 0.3) is 0 Å². The molecule has 4 heteroatoms. The van der Waals surface area contributed by atoms with E-state index in [1.54, 1.807) is 0 Å². The third-order valence-electron chi connectivity index (χ3n) is 3.00. The van der Waals surface area contributed by atoms with E-state index in [0.29, 0.717) is 18.0 Å². The predicted octanol–water partition coefficient (Wildman–Crippen LogP) is 2.40. The summed E-state index contributed by atoms with van der Waals surface area (Å²) in [5, 5.41) is 2.82. The highest BCUT2D eigenvalue weighted by atomic mass is 16.5. The summed E-state index contributed by atoms with van der Waals surface area (Å²) in [5.41, 5.74) is 6.56. The number of benzene rings is 1. The van der Waals surface area contributed by atoms with Crippen molar-refractivity contribution < 1.29 is 9.53 Å². The SMILES string of the molecule is CCOc1ccccc1NC(=O)C(N)C(C)CC. The minimum atomic E-state index is -0.496. The second-order valence-corrected chi connectivity index (χ2v) is 4.33. The van der Waals surface area contributed by atoms with Gasteiger partial charge in [0.05, 0.1) is 18.3 Å². The maximum Gasteiger partial charge on any atom is 0.241 e. The monoisotopic (exact) mass is 250 g/mol. The topological polar surface area (TPSA) is 64.3 Å². The van der Waals surface area contributed by atoms with E-state index in [4.69, 9.17) is 10.5 Å².